The molecule has 0 amide bonds. The van der Waals surface area contributed by atoms with E-state index < -0.39 is 0 Å². The van der Waals surface area contributed by atoms with Crippen LogP contribution >= 0.6 is 0 Å². The van der Waals surface area contributed by atoms with Crippen molar-refractivity contribution in [3.63, 3.8) is 0 Å². The topological polar surface area (TPSA) is 0 Å². The van der Waals surface area contributed by atoms with Crippen molar-refractivity contribution in [2.24, 2.45) is 0 Å². The van der Waals surface area contributed by atoms with Crippen LogP contribution in [0.25, 0.3) is 0 Å². The average Bonchev–Trinajstić information content (AvgIpc) is 0. The summed E-state index contributed by atoms with van der Waals surface area (Å²) in [6, 6.07) is 0. The minimum absolute atomic E-state index is 0. The van der Waals surface area contributed by atoms with Crippen molar-refractivity contribution in [2.75, 3.05) is 0 Å². The Labute approximate surface area is 101 Å². The van der Waals surface area contributed by atoms with Crippen LogP contribution in [0.1, 0.15) is 0 Å². The second kappa shape index (κ2) is 43.6. The summed E-state index contributed by atoms with van der Waals surface area (Å²) in [5.74, 6) is 0. The summed E-state index contributed by atoms with van der Waals surface area (Å²) < 4.78 is 0. The molecule has 0 nitrogen and oxygen atoms in total. The van der Waals surface area contributed by atoms with Gasteiger partial charge >= 0.3 is 51.2 Å². The third-order valence-electron chi connectivity index (χ3n) is 0. The van der Waals surface area contributed by atoms with Crippen LogP contribution in [0.4, 0.5) is 0 Å². The van der Waals surface area contributed by atoms with Crippen LogP contribution in [0.15, 0.2) is 0 Å². The Hall–Kier alpha value is 3.00. The number of rotatable bonds is 0. The maximum absolute atomic E-state index is 0. The molecule has 0 radical (unpaired) electrons. The third kappa shape index (κ3) is 28.0. The zero-order chi connectivity index (χ0) is 0. The zero-order valence-electron chi connectivity index (χ0n) is 2.04. The van der Waals surface area contributed by atoms with Crippen molar-refractivity contribution in [3.8, 4) is 0 Å². The first-order chi connectivity index (χ1) is 0. The molecule has 0 bridgehead atoms. The van der Waals surface area contributed by atoms with Crippen LogP contribution < -0.4 is 50.9 Å². The van der Waals surface area contributed by atoms with Crippen molar-refractivity contribution in [2.45, 2.75) is 0 Å². The predicted molar refractivity (Wildman–Crippen MR) is 0 cm³/mol. The van der Waals surface area contributed by atoms with E-state index in [4.69, 9.17) is 0 Å². The zero-order valence-corrected chi connectivity index (χ0v) is 9.62. The molecule has 0 aliphatic carbocycles. The second-order valence-electron chi connectivity index (χ2n) is 0. The Bertz CT molecular complexity index is 6.00. The standard InChI is InChI=1S/3BrH.3Cu/h3*1H;;;/q;;;3*+1/p-3. The smallest absolute Gasteiger partial charge is 1.00 e. The van der Waals surface area contributed by atoms with Gasteiger partial charge in [0.15, 0.2) is 0 Å². The SMILES string of the molecule is [Br-].[Br-].[Br-].[Cu+].[Cu+].[Cu+]. The molecule has 6 heavy (non-hydrogen) atoms. The quantitative estimate of drug-likeness (QED) is 0.335. The molecule has 0 unspecified atom stereocenters. The molecule has 0 spiro atoms. The van der Waals surface area contributed by atoms with Crippen LogP contribution in [0.2, 0.25) is 0 Å². The van der Waals surface area contributed by atoms with E-state index in [1.807, 2.05) is 0 Å². The molecule has 0 atom stereocenters. The molecule has 0 saturated carbocycles. The first kappa shape index (κ1) is 64.0. The molecule has 0 aromatic heterocycles. The van der Waals surface area contributed by atoms with Gasteiger partial charge in [-0.2, -0.15) is 0 Å². The second-order valence-corrected chi connectivity index (χ2v) is 0. The van der Waals surface area contributed by atoms with Gasteiger partial charge in [-0.05, 0) is 0 Å². The van der Waals surface area contributed by atoms with Gasteiger partial charge in [0.25, 0.3) is 0 Å². The summed E-state index contributed by atoms with van der Waals surface area (Å²) in [6.07, 6.45) is 0. The number of halogens is 3. The van der Waals surface area contributed by atoms with Gasteiger partial charge in [-0.3, -0.25) is 0 Å². The fourth-order valence-electron chi connectivity index (χ4n) is 0. The van der Waals surface area contributed by atoms with Gasteiger partial charge in [0.05, 0.1) is 0 Å². The molecule has 0 aromatic rings. The molecular weight excluding hydrogens is 430 g/mol. The van der Waals surface area contributed by atoms with Gasteiger partial charge in [-0.1, -0.05) is 0 Å². The van der Waals surface area contributed by atoms with Gasteiger partial charge < -0.3 is 50.9 Å². The minimum atomic E-state index is 0. The molecule has 0 saturated heterocycles. The van der Waals surface area contributed by atoms with Crippen LogP contribution in [0.3, 0.4) is 0 Å². The summed E-state index contributed by atoms with van der Waals surface area (Å²) in [6.45, 7) is 0. The van der Waals surface area contributed by atoms with E-state index in [2.05, 4.69) is 0 Å². The Morgan fingerprint density at radius 3 is 0.333 bits per heavy atom. The van der Waals surface area contributed by atoms with E-state index in [-0.39, 0.29) is 102 Å². The van der Waals surface area contributed by atoms with E-state index in [1.165, 1.54) is 0 Å². The van der Waals surface area contributed by atoms with Crippen molar-refractivity contribution < 1.29 is 102 Å². The molecule has 0 N–H and O–H groups in total. The predicted octanol–water partition coefficient (Wildman–Crippen LogP) is -9.00. The van der Waals surface area contributed by atoms with Gasteiger partial charge in [-0.25, -0.2) is 0 Å². The molecule has 0 heterocycles. The van der Waals surface area contributed by atoms with Crippen molar-refractivity contribution >= 4 is 0 Å². The van der Waals surface area contributed by atoms with Crippen LogP contribution in [0.5, 0.6) is 0 Å². The molecule has 0 fully saturated rings. The van der Waals surface area contributed by atoms with Gasteiger partial charge in [0, 0.05) is 0 Å². The summed E-state index contributed by atoms with van der Waals surface area (Å²) >= 11 is 0. The van der Waals surface area contributed by atoms with Crippen LogP contribution in [-0.2, 0) is 51.2 Å². The molecular formula is Br3Cu3. The summed E-state index contributed by atoms with van der Waals surface area (Å²) in [4.78, 5) is 0. The molecule has 0 rings (SSSR count). The van der Waals surface area contributed by atoms with E-state index in [9.17, 15) is 0 Å². The van der Waals surface area contributed by atoms with Crippen molar-refractivity contribution in [3.05, 3.63) is 0 Å². The average molecular weight is 430 g/mol. The third-order valence-corrected chi connectivity index (χ3v) is 0. The maximum Gasteiger partial charge on any atom is 1.00 e. The summed E-state index contributed by atoms with van der Waals surface area (Å²) in [5, 5.41) is 0. The fraction of sp³-hybridized carbons (Fsp3) is 0. The van der Waals surface area contributed by atoms with Crippen molar-refractivity contribution in [1.82, 2.24) is 0 Å². The first-order valence-corrected chi connectivity index (χ1v) is 0. The van der Waals surface area contributed by atoms with Gasteiger partial charge in [0.2, 0.25) is 0 Å². The molecule has 0 aliphatic rings. The summed E-state index contributed by atoms with van der Waals surface area (Å²) in [5.41, 5.74) is 0. The Morgan fingerprint density at radius 1 is 0.333 bits per heavy atom. The number of hydrogen-bond donors (Lipinski definition) is 0. The Morgan fingerprint density at radius 2 is 0.333 bits per heavy atom. The number of hydrogen-bond acceptors (Lipinski definition) is 0. The van der Waals surface area contributed by atoms with Crippen molar-refractivity contribution in [1.29, 1.82) is 0 Å². The van der Waals surface area contributed by atoms with Gasteiger partial charge in [0.1, 0.15) is 0 Å². The fourth-order valence-corrected chi connectivity index (χ4v) is 0. The van der Waals surface area contributed by atoms with E-state index in [1.54, 1.807) is 0 Å². The first-order valence-electron chi connectivity index (χ1n) is 0. The van der Waals surface area contributed by atoms with Gasteiger partial charge in [-0.15, -0.1) is 0 Å². The molecule has 6 heteroatoms. The van der Waals surface area contributed by atoms with Crippen LogP contribution in [0, 0.1) is 0 Å². The van der Waals surface area contributed by atoms with E-state index >= 15 is 0 Å². The Kier molecular flexibility index (Phi) is 465. The molecule has 0 aromatic carbocycles. The monoisotopic (exact) mass is 426 g/mol. The molecule has 54 valence electrons. The maximum atomic E-state index is 0. The minimum Gasteiger partial charge on any atom is -1.00 e. The van der Waals surface area contributed by atoms with E-state index in [0.717, 1.165) is 0 Å². The summed E-state index contributed by atoms with van der Waals surface area (Å²) in [7, 11) is 0. The normalized spacial score (nSPS) is 0. The molecule has 0 aliphatic heterocycles. The largest absolute Gasteiger partial charge is 1.00 e. The Balaban J connectivity index is 0. The van der Waals surface area contributed by atoms with E-state index in [0.29, 0.717) is 0 Å². The van der Waals surface area contributed by atoms with Crippen LogP contribution in [-0.4, -0.2) is 0 Å².